The first-order valence-corrected chi connectivity index (χ1v) is 15.1. The minimum atomic E-state index is -2.83. The standard InChI is InChI=1S/C28H27ClF3N7O2S/c29-20-9-14(30)1-4-19(20)24-23(21-5-7-38(36-21)27(31)32)22-10-15(13-37(22)25(35-24)26-33-6-8-42-26)34-28(41)39-16-2-3-17(39)12-18(40)11-16/h1,4-9,15-18,24,27,40H,2-3,10-13H2,(H,34,41)/t15-,16-,17+,18+,24-/m0/s1. The minimum absolute atomic E-state index is 0.00765. The van der Waals surface area contributed by atoms with Gasteiger partial charge < -0.3 is 20.2 Å². The molecule has 3 aromatic rings. The lowest BCUT2D eigenvalue weighted by atomic mass is 9.92. The molecule has 2 bridgehead atoms. The van der Waals surface area contributed by atoms with Crippen LogP contribution in [0.3, 0.4) is 0 Å². The molecular weight excluding hydrogens is 591 g/mol. The molecule has 2 N–H and O–H groups in total. The van der Waals surface area contributed by atoms with E-state index in [0.29, 0.717) is 52.5 Å². The molecular formula is C28H27ClF3N7O2S. The summed E-state index contributed by atoms with van der Waals surface area (Å²) in [5.41, 5.74) is 2.10. The SMILES string of the molecule is O=C(N[C@H]1CC2=C(c3ccn(C(F)F)n3)[C@H](c3ccc(F)cc3Cl)N=C(c3nccs3)N2C1)N1[C@@H]2CC[C@H]1C[C@@H](O)C2. The number of amides is 2. The molecule has 3 saturated heterocycles. The Morgan fingerprint density at radius 2 is 1.98 bits per heavy atom. The molecule has 4 aliphatic heterocycles. The molecule has 0 aliphatic carbocycles. The van der Waals surface area contributed by atoms with Crippen molar-refractivity contribution in [3.8, 4) is 0 Å². The highest BCUT2D eigenvalue weighted by Crippen LogP contribution is 2.46. The van der Waals surface area contributed by atoms with E-state index in [-0.39, 0.29) is 41.0 Å². The van der Waals surface area contributed by atoms with Crippen LogP contribution in [0, 0.1) is 5.82 Å². The maximum Gasteiger partial charge on any atom is 0.333 e. The van der Waals surface area contributed by atoms with Gasteiger partial charge in [-0.1, -0.05) is 17.7 Å². The Morgan fingerprint density at radius 3 is 2.64 bits per heavy atom. The molecule has 5 atom stereocenters. The molecule has 7 rings (SSSR count). The Labute approximate surface area is 248 Å². The highest BCUT2D eigenvalue weighted by molar-refractivity contribution is 7.11. The summed E-state index contributed by atoms with van der Waals surface area (Å²) < 4.78 is 41.8. The first-order chi connectivity index (χ1) is 20.3. The minimum Gasteiger partial charge on any atom is -0.393 e. The van der Waals surface area contributed by atoms with E-state index >= 15 is 0 Å². The molecule has 2 amide bonds. The number of nitrogens with zero attached hydrogens (tertiary/aromatic N) is 6. The van der Waals surface area contributed by atoms with Crippen LogP contribution < -0.4 is 5.32 Å². The lowest BCUT2D eigenvalue weighted by molar-refractivity contribution is 0.0534. The van der Waals surface area contributed by atoms with Gasteiger partial charge in [0.1, 0.15) is 11.9 Å². The van der Waals surface area contributed by atoms with Crippen molar-refractivity contribution >= 4 is 40.4 Å². The Morgan fingerprint density at radius 1 is 1.19 bits per heavy atom. The molecule has 0 radical (unpaired) electrons. The highest BCUT2D eigenvalue weighted by Gasteiger charge is 2.45. The number of urea groups is 1. The number of carbonyl (C=O) groups excluding carboxylic acids is 1. The summed E-state index contributed by atoms with van der Waals surface area (Å²) in [5.74, 6) is 0.0460. The van der Waals surface area contributed by atoms with Gasteiger partial charge in [0, 0.05) is 64.7 Å². The van der Waals surface area contributed by atoms with E-state index in [1.165, 1.54) is 35.7 Å². The fourth-order valence-electron chi connectivity index (χ4n) is 6.78. The van der Waals surface area contributed by atoms with E-state index in [4.69, 9.17) is 16.6 Å². The quantitative estimate of drug-likeness (QED) is 0.410. The molecule has 6 heterocycles. The number of alkyl halides is 2. The second-order valence-electron chi connectivity index (χ2n) is 11.1. The summed E-state index contributed by atoms with van der Waals surface area (Å²) in [6.45, 7) is -2.45. The molecule has 0 unspecified atom stereocenters. The van der Waals surface area contributed by atoms with E-state index in [1.807, 2.05) is 15.2 Å². The molecule has 1 aromatic carbocycles. The third-order valence-electron chi connectivity index (χ3n) is 8.50. The largest absolute Gasteiger partial charge is 0.393 e. The third kappa shape index (κ3) is 4.77. The number of piperidine rings is 1. The van der Waals surface area contributed by atoms with Gasteiger partial charge in [-0.05, 0) is 43.9 Å². The summed E-state index contributed by atoms with van der Waals surface area (Å²) >= 11 is 7.93. The van der Waals surface area contributed by atoms with Gasteiger partial charge in [-0.15, -0.1) is 11.3 Å². The smallest absolute Gasteiger partial charge is 0.333 e. The van der Waals surface area contributed by atoms with Crippen molar-refractivity contribution in [1.29, 1.82) is 0 Å². The Balaban J connectivity index is 1.29. The number of rotatable bonds is 5. The Bertz CT molecular complexity index is 1560. The average Bonchev–Trinajstić information content (AvgIpc) is 3.74. The van der Waals surface area contributed by atoms with Gasteiger partial charge in [0.15, 0.2) is 10.8 Å². The number of thiazole rings is 1. The highest BCUT2D eigenvalue weighted by atomic mass is 35.5. The Hall–Kier alpha value is -3.42. The van der Waals surface area contributed by atoms with E-state index in [0.717, 1.165) is 18.5 Å². The number of hydrogen-bond donors (Lipinski definition) is 2. The summed E-state index contributed by atoms with van der Waals surface area (Å²) in [6, 6.07) is 4.27. The third-order valence-corrected chi connectivity index (χ3v) is 9.59. The van der Waals surface area contributed by atoms with E-state index in [1.54, 1.807) is 12.3 Å². The molecule has 4 aliphatic rings. The molecule has 9 nitrogen and oxygen atoms in total. The number of aliphatic hydroxyl groups is 1. The zero-order chi connectivity index (χ0) is 29.1. The summed E-state index contributed by atoms with van der Waals surface area (Å²) in [7, 11) is 0. The maximum atomic E-state index is 14.0. The zero-order valence-corrected chi connectivity index (χ0v) is 23.8. The van der Waals surface area contributed by atoms with Gasteiger partial charge in [-0.25, -0.2) is 18.9 Å². The van der Waals surface area contributed by atoms with Gasteiger partial charge in [0.25, 0.3) is 0 Å². The van der Waals surface area contributed by atoms with Gasteiger partial charge in [-0.3, -0.25) is 4.99 Å². The van der Waals surface area contributed by atoms with Gasteiger partial charge >= 0.3 is 12.6 Å². The fourth-order valence-corrected chi connectivity index (χ4v) is 7.69. The topological polar surface area (TPSA) is 98.9 Å². The first-order valence-electron chi connectivity index (χ1n) is 13.8. The normalized spacial score (nSPS) is 27.1. The van der Waals surface area contributed by atoms with Crippen molar-refractivity contribution in [2.45, 2.75) is 68.9 Å². The lowest BCUT2D eigenvalue weighted by Crippen LogP contribution is -2.54. The van der Waals surface area contributed by atoms with Crippen molar-refractivity contribution in [3.63, 3.8) is 0 Å². The van der Waals surface area contributed by atoms with Crippen LogP contribution in [0.1, 0.15) is 61.0 Å². The number of aliphatic hydroxyl groups excluding tert-OH is 1. The number of benzene rings is 1. The fraction of sp³-hybridized carbons (Fsp3) is 0.429. The van der Waals surface area contributed by atoms with E-state index < -0.39 is 18.4 Å². The second-order valence-corrected chi connectivity index (χ2v) is 12.4. The summed E-state index contributed by atoms with van der Waals surface area (Å²) in [6.07, 6.45) is 5.75. The predicted octanol–water partition coefficient (Wildman–Crippen LogP) is 5.21. The number of halogens is 4. The molecule has 2 aromatic heterocycles. The molecule has 0 saturated carbocycles. The second kappa shape index (κ2) is 10.7. The number of hydrogen-bond acceptors (Lipinski definition) is 7. The van der Waals surface area contributed by atoms with Crippen LogP contribution in [0.5, 0.6) is 0 Å². The van der Waals surface area contributed by atoms with Crippen LogP contribution >= 0.6 is 22.9 Å². The molecule has 42 heavy (non-hydrogen) atoms. The summed E-state index contributed by atoms with van der Waals surface area (Å²) in [5, 5.41) is 20.2. The van der Waals surface area contributed by atoms with Crippen LogP contribution in [-0.4, -0.2) is 72.3 Å². The van der Waals surface area contributed by atoms with Crippen molar-refractivity contribution in [1.82, 2.24) is 29.9 Å². The van der Waals surface area contributed by atoms with Gasteiger partial charge in [0.2, 0.25) is 0 Å². The number of carbonyl (C=O) groups is 1. The summed E-state index contributed by atoms with van der Waals surface area (Å²) in [4.78, 5) is 26.9. The molecule has 0 spiro atoms. The van der Waals surface area contributed by atoms with Crippen molar-refractivity contribution in [3.05, 3.63) is 74.8 Å². The van der Waals surface area contributed by atoms with Crippen molar-refractivity contribution in [2.75, 3.05) is 6.54 Å². The lowest BCUT2D eigenvalue weighted by Gasteiger charge is -2.37. The zero-order valence-electron chi connectivity index (χ0n) is 22.2. The number of aliphatic imine (C=N–C) groups is 1. The molecule has 14 heteroatoms. The van der Waals surface area contributed by atoms with Crippen molar-refractivity contribution in [2.24, 2.45) is 4.99 Å². The average molecular weight is 618 g/mol. The van der Waals surface area contributed by atoms with E-state index in [9.17, 15) is 23.1 Å². The van der Waals surface area contributed by atoms with E-state index in [2.05, 4.69) is 15.4 Å². The monoisotopic (exact) mass is 617 g/mol. The van der Waals surface area contributed by atoms with Crippen LogP contribution in [0.15, 0.2) is 52.7 Å². The molecule has 3 fully saturated rings. The number of nitrogens with one attached hydrogen (secondary N) is 1. The van der Waals surface area contributed by atoms with Crippen LogP contribution in [0.25, 0.3) is 5.57 Å². The maximum absolute atomic E-state index is 14.0. The van der Waals surface area contributed by atoms with Crippen LogP contribution in [-0.2, 0) is 0 Å². The predicted molar refractivity (Wildman–Crippen MR) is 151 cm³/mol. The van der Waals surface area contributed by atoms with Gasteiger partial charge in [-0.2, -0.15) is 13.9 Å². The Kier molecular flexibility index (Phi) is 6.98. The number of fused-ring (bicyclic) bond motifs is 3. The first kappa shape index (κ1) is 27.4. The van der Waals surface area contributed by atoms with Crippen LogP contribution in [0.2, 0.25) is 5.02 Å². The molecule has 220 valence electrons. The number of amidine groups is 1. The van der Waals surface area contributed by atoms with Crippen molar-refractivity contribution < 1.29 is 23.1 Å². The van der Waals surface area contributed by atoms with Gasteiger partial charge in [0.05, 0.1) is 17.8 Å². The number of aromatic nitrogens is 3. The van der Waals surface area contributed by atoms with Crippen LogP contribution in [0.4, 0.5) is 18.0 Å².